The van der Waals surface area contributed by atoms with Crippen LogP contribution in [0.2, 0.25) is 5.15 Å². The molecule has 1 aliphatic rings. The predicted octanol–water partition coefficient (Wildman–Crippen LogP) is 2.46. The Labute approximate surface area is 123 Å². The number of nitrogens with one attached hydrogen (secondary N) is 1. The normalized spacial score (nSPS) is 16.5. The molecule has 1 saturated heterocycles. The third-order valence-electron chi connectivity index (χ3n) is 3.07. The fourth-order valence-electron chi connectivity index (χ4n) is 2.04. The van der Waals surface area contributed by atoms with Crippen molar-refractivity contribution in [3.8, 4) is 0 Å². The first-order valence-electron chi connectivity index (χ1n) is 5.73. The van der Waals surface area contributed by atoms with Gasteiger partial charge in [-0.1, -0.05) is 23.4 Å². The number of nitrogens with zero attached hydrogens (tertiary/aromatic N) is 3. The molecule has 7 heteroatoms. The molecular formula is C11H18Cl2N4S. The minimum atomic E-state index is 0. The summed E-state index contributed by atoms with van der Waals surface area (Å²) >= 11 is 7.52. The lowest BCUT2D eigenvalue weighted by molar-refractivity contribution is 0.440. The van der Waals surface area contributed by atoms with E-state index in [0.29, 0.717) is 11.2 Å². The molecule has 0 atom stereocenters. The van der Waals surface area contributed by atoms with Gasteiger partial charge in [0, 0.05) is 25.2 Å². The van der Waals surface area contributed by atoms with Gasteiger partial charge in [-0.3, -0.25) is 0 Å². The summed E-state index contributed by atoms with van der Waals surface area (Å²) in [7, 11) is 2.02. The summed E-state index contributed by atoms with van der Waals surface area (Å²) in [5.74, 6) is 0.948. The van der Waals surface area contributed by atoms with Gasteiger partial charge < -0.3 is 10.2 Å². The van der Waals surface area contributed by atoms with E-state index in [1.54, 1.807) is 0 Å². The number of aromatic nitrogens is 2. The fourth-order valence-corrected chi connectivity index (χ4v) is 2.64. The van der Waals surface area contributed by atoms with Crippen LogP contribution in [-0.4, -0.2) is 42.4 Å². The molecule has 1 aromatic heterocycles. The van der Waals surface area contributed by atoms with Crippen molar-refractivity contribution in [2.24, 2.45) is 0 Å². The van der Waals surface area contributed by atoms with Crippen LogP contribution in [0.5, 0.6) is 0 Å². The average molecular weight is 309 g/mol. The van der Waals surface area contributed by atoms with E-state index in [2.05, 4.69) is 20.2 Å². The van der Waals surface area contributed by atoms with Crippen LogP contribution >= 0.6 is 35.8 Å². The van der Waals surface area contributed by atoms with Crippen LogP contribution in [0.25, 0.3) is 0 Å². The van der Waals surface area contributed by atoms with Crippen molar-refractivity contribution in [2.75, 3.05) is 31.3 Å². The number of halogens is 2. The molecule has 0 aromatic carbocycles. The molecule has 1 aromatic rings. The van der Waals surface area contributed by atoms with Crippen LogP contribution in [-0.2, 0) is 0 Å². The maximum Gasteiger partial charge on any atom is 0.190 e. The molecule has 0 aliphatic carbocycles. The average Bonchev–Trinajstić information content (AvgIpc) is 2.38. The van der Waals surface area contributed by atoms with Crippen molar-refractivity contribution >= 4 is 41.6 Å². The van der Waals surface area contributed by atoms with E-state index in [-0.39, 0.29) is 12.4 Å². The maximum absolute atomic E-state index is 6.00. The van der Waals surface area contributed by atoms with Crippen LogP contribution in [0.1, 0.15) is 12.8 Å². The van der Waals surface area contributed by atoms with Crippen LogP contribution in [0.3, 0.4) is 0 Å². The first kappa shape index (κ1) is 15.8. The van der Waals surface area contributed by atoms with Crippen molar-refractivity contribution in [1.82, 2.24) is 15.3 Å². The maximum atomic E-state index is 6.00. The Balaban J connectivity index is 0.00000162. The lowest BCUT2D eigenvalue weighted by Crippen LogP contribution is -2.41. The van der Waals surface area contributed by atoms with Gasteiger partial charge in [0.05, 0.1) is 0 Å². The van der Waals surface area contributed by atoms with Crippen LogP contribution in [0, 0.1) is 0 Å². The van der Waals surface area contributed by atoms with Gasteiger partial charge in [-0.2, -0.15) is 0 Å². The summed E-state index contributed by atoms with van der Waals surface area (Å²) in [6.07, 6.45) is 4.25. The molecule has 0 radical (unpaired) electrons. The SMILES string of the molecule is CNC1CCN(c2cc(Cl)nc(SC)n2)CC1.Cl. The van der Waals surface area contributed by atoms with Gasteiger partial charge in [-0.15, -0.1) is 12.4 Å². The smallest absolute Gasteiger partial charge is 0.190 e. The van der Waals surface area contributed by atoms with E-state index < -0.39 is 0 Å². The summed E-state index contributed by atoms with van der Waals surface area (Å²) < 4.78 is 0. The minimum Gasteiger partial charge on any atom is -0.356 e. The first-order valence-corrected chi connectivity index (χ1v) is 7.34. The molecule has 1 N–H and O–H groups in total. The van der Waals surface area contributed by atoms with Gasteiger partial charge in [0.15, 0.2) is 5.16 Å². The molecule has 0 unspecified atom stereocenters. The summed E-state index contributed by atoms with van der Waals surface area (Å²) in [6.45, 7) is 2.04. The Morgan fingerprint density at radius 3 is 2.61 bits per heavy atom. The highest BCUT2D eigenvalue weighted by molar-refractivity contribution is 7.98. The molecule has 18 heavy (non-hydrogen) atoms. The zero-order valence-corrected chi connectivity index (χ0v) is 12.9. The van der Waals surface area contributed by atoms with Crippen molar-refractivity contribution in [3.63, 3.8) is 0 Å². The van der Waals surface area contributed by atoms with Crippen LogP contribution in [0.4, 0.5) is 5.82 Å². The molecule has 4 nitrogen and oxygen atoms in total. The molecule has 1 fully saturated rings. The highest BCUT2D eigenvalue weighted by atomic mass is 35.5. The third kappa shape index (κ3) is 3.88. The highest BCUT2D eigenvalue weighted by Gasteiger charge is 2.19. The first-order chi connectivity index (χ1) is 8.22. The number of hydrogen-bond acceptors (Lipinski definition) is 5. The topological polar surface area (TPSA) is 41.0 Å². The largest absolute Gasteiger partial charge is 0.356 e. The highest BCUT2D eigenvalue weighted by Crippen LogP contribution is 2.23. The van der Waals surface area contributed by atoms with Gasteiger partial charge >= 0.3 is 0 Å². The lowest BCUT2D eigenvalue weighted by atomic mass is 10.1. The second kappa shape index (κ2) is 7.38. The fraction of sp³-hybridized carbons (Fsp3) is 0.636. The zero-order valence-electron chi connectivity index (χ0n) is 10.5. The summed E-state index contributed by atoms with van der Waals surface area (Å²) in [6, 6.07) is 2.48. The Bertz CT molecular complexity index is 383. The van der Waals surface area contributed by atoms with E-state index in [1.807, 2.05) is 19.4 Å². The van der Waals surface area contributed by atoms with Gasteiger partial charge in [-0.25, -0.2) is 9.97 Å². The summed E-state index contributed by atoms with van der Waals surface area (Å²) in [5.41, 5.74) is 0. The van der Waals surface area contributed by atoms with Crippen molar-refractivity contribution in [1.29, 1.82) is 0 Å². The van der Waals surface area contributed by atoms with Crippen molar-refractivity contribution in [2.45, 2.75) is 24.0 Å². The molecule has 0 bridgehead atoms. The Morgan fingerprint density at radius 2 is 2.06 bits per heavy atom. The molecule has 1 aliphatic heterocycles. The quantitative estimate of drug-likeness (QED) is 0.528. The number of thioether (sulfide) groups is 1. The Kier molecular flexibility index (Phi) is 6.49. The molecule has 2 rings (SSSR count). The molecular weight excluding hydrogens is 291 g/mol. The number of anilines is 1. The molecule has 2 heterocycles. The second-order valence-electron chi connectivity index (χ2n) is 4.09. The third-order valence-corrected chi connectivity index (χ3v) is 3.81. The predicted molar refractivity (Wildman–Crippen MR) is 80.4 cm³/mol. The van der Waals surface area contributed by atoms with Gasteiger partial charge in [0.1, 0.15) is 11.0 Å². The van der Waals surface area contributed by atoms with Gasteiger partial charge in [0.2, 0.25) is 0 Å². The van der Waals surface area contributed by atoms with Crippen LogP contribution < -0.4 is 10.2 Å². The Morgan fingerprint density at radius 1 is 1.39 bits per heavy atom. The lowest BCUT2D eigenvalue weighted by Gasteiger charge is -2.32. The summed E-state index contributed by atoms with van der Waals surface area (Å²) in [4.78, 5) is 10.9. The number of hydrogen-bond donors (Lipinski definition) is 1. The summed E-state index contributed by atoms with van der Waals surface area (Å²) in [5, 5.41) is 4.58. The van der Waals surface area contributed by atoms with Crippen LogP contribution in [0.15, 0.2) is 11.2 Å². The van der Waals surface area contributed by atoms with Crippen molar-refractivity contribution < 1.29 is 0 Å². The zero-order chi connectivity index (χ0) is 12.3. The van der Waals surface area contributed by atoms with E-state index in [4.69, 9.17) is 11.6 Å². The number of piperidine rings is 1. The standard InChI is InChI=1S/C11H17ClN4S.ClH/c1-13-8-3-5-16(6-4-8)10-7-9(12)14-11(15-10)17-2;/h7-8,13H,3-6H2,1-2H3;1H. The monoisotopic (exact) mass is 308 g/mol. The number of rotatable bonds is 3. The molecule has 0 amide bonds. The van der Waals surface area contributed by atoms with E-state index >= 15 is 0 Å². The van der Waals surface area contributed by atoms with E-state index in [9.17, 15) is 0 Å². The second-order valence-corrected chi connectivity index (χ2v) is 5.25. The van der Waals surface area contributed by atoms with Gasteiger partial charge in [0.25, 0.3) is 0 Å². The minimum absolute atomic E-state index is 0. The van der Waals surface area contributed by atoms with E-state index in [0.717, 1.165) is 36.9 Å². The molecule has 0 spiro atoms. The van der Waals surface area contributed by atoms with Crippen molar-refractivity contribution in [3.05, 3.63) is 11.2 Å². The van der Waals surface area contributed by atoms with Gasteiger partial charge in [-0.05, 0) is 26.1 Å². The Hall–Kier alpha value is -0.230. The molecule has 102 valence electrons. The molecule has 0 saturated carbocycles. The van der Waals surface area contributed by atoms with E-state index in [1.165, 1.54) is 11.8 Å².